The van der Waals surface area contributed by atoms with Crippen molar-refractivity contribution in [3.63, 3.8) is 0 Å². The van der Waals surface area contributed by atoms with Crippen LogP contribution in [-0.2, 0) is 17.1 Å². The summed E-state index contributed by atoms with van der Waals surface area (Å²) in [4.78, 5) is 4.11. The van der Waals surface area contributed by atoms with Crippen molar-refractivity contribution in [1.82, 2.24) is 19.2 Å². The third-order valence-electron chi connectivity index (χ3n) is 6.12. The Hall–Kier alpha value is -1.70. The van der Waals surface area contributed by atoms with Gasteiger partial charge in [0.25, 0.3) is 10.0 Å². The van der Waals surface area contributed by atoms with Gasteiger partial charge >= 0.3 is 0 Å². The Kier molecular flexibility index (Phi) is 5.58. The Labute approximate surface area is 168 Å². The van der Waals surface area contributed by atoms with Gasteiger partial charge in [0.1, 0.15) is 0 Å². The number of sulfonamides is 1. The molecule has 4 atom stereocenters. The van der Waals surface area contributed by atoms with Gasteiger partial charge in [-0.05, 0) is 36.8 Å². The minimum absolute atomic E-state index is 0.127. The SMILES string of the molecule is CCCC1CC1CN[C@@H]1CCN(S(=O)(=O)c2cn(C)cn2)C1c1ccccc1. The van der Waals surface area contributed by atoms with Crippen molar-refractivity contribution >= 4 is 10.0 Å². The van der Waals surface area contributed by atoms with E-state index in [9.17, 15) is 8.42 Å². The molecule has 2 heterocycles. The number of aromatic nitrogens is 2. The second-order valence-corrected chi connectivity index (χ2v) is 10.0. The fourth-order valence-corrected chi connectivity index (χ4v) is 6.16. The van der Waals surface area contributed by atoms with Crippen molar-refractivity contribution in [2.75, 3.05) is 13.1 Å². The van der Waals surface area contributed by atoms with Gasteiger partial charge in [-0.25, -0.2) is 13.4 Å². The van der Waals surface area contributed by atoms with Crippen LogP contribution in [0.4, 0.5) is 0 Å². The highest BCUT2D eigenvalue weighted by Gasteiger charge is 2.44. The zero-order valence-corrected chi connectivity index (χ0v) is 17.5. The van der Waals surface area contributed by atoms with Gasteiger partial charge in [-0.15, -0.1) is 0 Å². The van der Waals surface area contributed by atoms with Crippen LogP contribution < -0.4 is 5.32 Å². The first-order chi connectivity index (χ1) is 13.5. The van der Waals surface area contributed by atoms with Gasteiger partial charge in [0.2, 0.25) is 0 Å². The number of benzene rings is 1. The predicted octanol–water partition coefficient (Wildman–Crippen LogP) is 2.95. The lowest BCUT2D eigenvalue weighted by molar-refractivity contribution is 0.348. The first kappa shape index (κ1) is 19.6. The highest BCUT2D eigenvalue weighted by atomic mass is 32.2. The Balaban J connectivity index is 1.55. The summed E-state index contributed by atoms with van der Waals surface area (Å²) in [5.41, 5.74) is 1.04. The predicted molar refractivity (Wildman–Crippen MR) is 109 cm³/mol. The van der Waals surface area contributed by atoms with Gasteiger partial charge in [0.05, 0.1) is 12.4 Å². The molecule has 152 valence electrons. The molecule has 2 aromatic rings. The van der Waals surface area contributed by atoms with Gasteiger partial charge < -0.3 is 9.88 Å². The van der Waals surface area contributed by atoms with E-state index in [2.05, 4.69) is 17.2 Å². The Morgan fingerprint density at radius 2 is 2.00 bits per heavy atom. The molecule has 4 rings (SSSR count). The van der Waals surface area contributed by atoms with E-state index in [0.717, 1.165) is 30.4 Å². The Bertz CT molecular complexity index is 896. The zero-order valence-electron chi connectivity index (χ0n) is 16.7. The molecule has 7 heteroatoms. The first-order valence-electron chi connectivity index (χ1n) is 10.3. The molecular weight excluding hydrogens is 372 g/mol. The largest absolute Gasteiger partial charge is 0.339 e. The second kappa shape index (κ2) is 7.97. The molecule has 2 fully saturated rings. The van der Waals surface area contributed by atoms with Crippen LogP contribution in [0.25, 0.3) is 0 Å². The summed E-state index contributed by atoms with van der Waals surface area (Å²) in [7, 11) is -1.84. The summed E-state index contributed by atoms with van der Waals surface area (Å²) in [5.74, 6) is 1.60. The molecule has 1 saturated heterocycles. The third kappa shape index (κ3) is 3.88. The molecule has 6 nitrogen and oxygen atoms in total. The first-order valence-corrected chi connectivity index (χ1v) is 11.7. The fourth-order valence-electron chi connectivity index (χ4n) is 4.53. The van der Waals surface area contributed by atoms with E-state index in [-0.39, 0.29) is 17.1 Å². The number of nitrogens with zero attached hydrogens (tertiary/aromatic N) is 3. The Morgan fingerprint density at radius 1 is 1.21 bits per heavy atom. The molecule has 0 bridgehead atoms. The van der Waals surface area contributed by atoms with E-state index < -0.39 is 10.0 Å². The number of hydrogen-bond acceptors (Lipinski definition) is 4. The number of rotatable bonds is 8. The van der Waals surface area contributed by atoms with E-state index in [1.54, 1.807) is 22.1 Å². The fraction of sp³-hybridized carbons (Fsp3) is 0.571. The summed E-state index contributed by atoms with van der Waals surface area (Å²) in [6, 6.07) is 9.92. The molecule has 1 aromatic carbocycles. The van der Waals surface area contributed by atoms with E-state index in [4.69, 9.17) is 0 Å². The third-order valence-corrected chi connectivity index (χ3v) is 7.88. The quantitative estimate of drug-likeness (QED) is 0.737. The van der Waals surface area contributed by atoms with Gasteiger partial charge in [-0.3, -0.25) is 0 Å². The number of aryl methyl sites for hydroxylation is 1. The second-order valence-electron chi connectivity index (χ2n) is 8.20. The van der Waals surface area contributed by atoms with Gasteiger partial charge in [0, 0.05) is 25.8 Å². The van der Waals surface area contributed by atoms with Crippen LogP contribution in [0.5, 0.6) is 0 Å². The lowest BCUT2D eigenvalue weighted by Gasteiger charge is -2.28. The average Bonchev–Trinajstić information content (AvgIpc) is 3.07. The summed E-state index contributed by atoms with van der Waals surface area (Å²) in [6.07, 6.45) is 7.79. The van der Waals surface area contributed by atoms with Crippen LogP contribution in [0.15, 0.2) is 47.9 Å². The molecule has 1 N–H and O–H groups in total. The molecule has 1 aromatic heterocycles. The minimum atomic E-state index is -3.63. The van der Waals surface area contributed by atoms with Crippen molar-refractivity contribution in [2.24, 2.45) is 18.9 Å². The van der Waals surface area contributed by atoms with Crippen molar-refractivity contribution < 1.29 is 8.42 Å². The molecular formula is C21H30N4O2S. The molecule has 0 amide bonds. The van der Waals surface area contributed by atoms with E-state index >= 15 is 0 Å². The summed E-state index contributed by atoms with van der Waals surface area (Å²) in [6.45, 7) is 3.74. The minimum Gasteiger partial charge on any atom is -0.339 e. The highest BCUT2D eigenvalue weighted by Crippen LogP contribution is 2.42. The zero-order chi connectivity index (χ0) is 19.7. The van der Waals surface area contributed by atoms with Crippen molar-refractivity contribution in [3.8, 4) is 0 Å². The van der Waals surface area contributed by atoms with Crippen LogP contribution in [0, 0.1) is 11.8 Å². The van der Waals surface area contributed by atoms with Crippen molar-refractivity contribution in [2.45, 2.75) is 49.7 Å². The maximum Gasteiger partial charge on any atom is 0.262 e. The van der Waals surface area contributed by atoms with E-state index in [1.807, 2.05) is 30.3 Å². The lowest BCUT2D eigenvalue weighted by Crippen LogP contribution is -2.39. The number of hydrogen-bond donors (Lipinski definition) is 1. The van der Waals surface area contributed by atoms with Crippen LogP contribution in [0.1, 0.15) is 44.2 Å². The Morgan fingerprint density at radius 3 is 2.68 bits per heavy atom. The summed E-state index contributed by atoms with van der Waals surface area (Å²) < 4.78 is 29.9. The van der Waals surface area contributed by atoms with Gasteiger partial charge in [-0.2, -0.15) is 4.31 Å². The smallest absolute Gasteiger partial charge is 0.262 e. The summed E-state index contributed by atoms with van der Waals surface area (Å²) in [5, 5.41) is 3.83. The molecule has 0 spiro atoms. The summed E-state index contributed by atoms with van der Waals surface area (Å²) >= 11 is 0. The highest BCUT2D eigenvalue weighted by molar-refractivity contribution is 7.89. The van der Waals surface area contributed by atoms with Gasteiger partial charge in [-0.1, -0.05) is 50.1 Å². The average molecular weight is 403 g/mol. The molecule has 28 heavy (non-hydrogen) atoms. The molecule has 0 radical (unpaired) electrons. The number of imidazole rings is 1. The maximum atomic E-state index is 13.3. The van der Waals surface area contributed by atoms with Crippen LogP contribution in [-0.4, -0.2) is 41.4 Å². The van der Waals surface area contributed by atoms with E-state index in [0.29, 0.717) is 6.54 Å². The molecule has 3 unspecified atom stereocenters. The standard InChI is InChI=1S/C21H30N4O2S/c1-3-7-17-12-18(17)13-22-19-10-11-25(21(19)16-8-5-4-6-9-16)28(26,27)20-14-24(2)15-23-20/h4-6,8-9,14-15,17-19,21-22H,3,7,10-13H2,1-2H3/t17?,18?,19-,21?/m1/s1. The lowest BCUT2D eigenvalue weighted by atomic mass is 10.0. The van der Waals surface area contributed by atoms with Crippen LogP contribution >= 0.6 is 0 Å². The monoisotopic (exact) mass is 402 g/mol. The number of nitrogens with one attached hydrogen (secondary N) is 1. The molecule has 2 aliphatic rings. The van der Waals surface area contributed by atoms with E-state index in [1.165, 1.54) is 25.6 Å². The topological polar surface area (TPSA) is 67.2 Å². The van der Waals surface area contributed by atoms with Crippen LogP contribution in [0.2, 0.25) is 0 Å². The van der Waals surface area contributed by atoms with Crippen molar-refractivity contribution in [3.05, 3.63) is 48.4 Å². The molecule has 1 aliphatic carbocycles. The van der Waals surface area contributed by atoms with Gasteiger partial charge in [0.15, 0.2) is 5.03 Å². The van der Waals surface area contributed by atoms with Crippen molar-refractivity contribution in [1.29, 1.82) is 0 Å². The van der Waals surface area contributed by atoms with Crippen LogP contribution in [0.3, 0.4) is 0 Å². The normalized spacial score (nSPS) is 27.9. The molecule has 1 saturated carbocycles. The maximum absolute atomic E-state index is 13.3. The molecule has 1 aliphatic heterocycles.